The van der Waals surface area contributed by atoms with E-state index in [9.17, 15) is 4.79 Å². The Morgan fingerprint density at radius 2 is 2.19 bits per heavy atom. The average molecular weight is 288 g/mol. The van der Waals surface area contributed by atoms with E-state index in [2.05, 4.69) is 20.3 Å². The van der Waals surface area contributed by atoms with E-state index < -0.39 is 0 Å². The molecule has 0 saturated carbocycles. The summed E-state index contributed by atoms with van der Waals surface area (Å²) in [6.45, 7) is 6.20. The Morgan fingerprint density at radius 1 is 1.43 bits per heavy atom. The van der Waals surface area contributed by atoms with Crippen molar-refractivity contribution in [2.75, 3.05) is 7.11 Å². The van der Waals surface area contributed by atoms with Gasteiger partial charge in [-0.1, -0.05) is 0 Å². The van der Waals surface area contributed by atoms with E-state index >= 15 is 0 Å². The van der Waals surface area contributed by atoms with Crippen LogP contribution in [-0.2, 0) is 6.54 Å². The van der Waals surface area contributed by atoms with Crippen molar-refractivity contribution in [1.82, 2.24) is 20.3 Å². The Labute approximate surface area is 123 Å². The molecule has 0 saturated heterocycles. The van der Waals surface area contributed by atoms with Gasteiger partial charge in [-0.3, -0.25) is 4.79 Å². The van der Waals surface area contributed by atoms with E-state index in [0.29, 0.717) is 23.8 Å². The fourth-order valence-corrected chi connectivity index (χ4v) is 2.29. The van der Waals surface area contributed by atoms with E-state index in [0.717, 1.165) is 11.3 Å². The molecule has 2 rings (SSSR count). The van der Waals surface area contributed by atoms with E-state index in [1.54, 1.807) is 20.2 Å². The second kappa shape index (κ2) is 6.49. The van der Waals surface area contributed by atoms with Crippen LogP contribution >= 0.6 is 0 Å². The molecule has 1 unspecified atom stereocenters. The first-order chi connectivity index (χ1) is 10.0. The van der Waals surface area contributed by atoms with E-state index in [4.69, 9.17) is 4.74 Å². The van der Waals surface area contributed by atoms with Crippen LogP contribution in [0.4, 0.5) is 0 Å². The summed E-state index contributed by atoms with van der Waals surface area (Å²) in [6, 6.07) is 3.68. The Balaban J connectivity index is 2.11. The predicted octanol–water partition coefficient (Wildman–Crippen LogP) is 1.64. The van der Waals surface area contributed by atoms with Gasteiger partial charge in [-0.05, 0) is 32.4 Å². The van der Waals surface area contributed by atoms with Gasteiger partial charge < -0.3 is 15.0 Å². The van der Waals surface area contributed by atoms with Crippen molar-refractivity contribution in [3.8, 4) is 5.88 Å². The molecule has 0 spiro atoms. The Bertz CT molecular complexity index is 682. The van der Waals surface area contributed by atoms with Crippen molar-refractivity contribution in [3.63, 3.8) is 0 Å². The molecule has 0 fully saturated rings. The van der Waals surface area contributed by atoms with Gasteiger partial charge in [0.15, 0.2) is 0 Å². The SMILES string of the molecule is COc1cc(CNC(C)c2c(C)nc(C)[nH]c2=O)ccn1. The van der Waals surface area contributed by atoms with E-state index in [1.807, 2.05) is 26.0 Å². The minimum Gasteiger partial charge on any atom is -0.481 e. The summed E-state index contributed by atoms with van der Waals surface area (Å²) >= 11 is 0. The predicted molar refractivity (Wildman–Crippen MR) is 80.4 cm³/mol. The second-order valence-electron chi connectivity index (χ2n) is 4.96. The molecule has 0 aromatic carbocycles. The van der Waals surface area contributed by atoms with Crippen LogP contribution in [0.2, 0.25) is 0 Å². The molecule has 0 amide bonds. The minimum absolute atomic E-state index is 0.0905. The second-order valence-corrected chi connectivity index (χ2v) is 4.96. The minimum atomic E-state index is -0.0963. The topological polar surface area (TPSA) is 79.9 Å². The van der Waals surface area contributed by atoms with Gasteiger partial charge in [0.25, 0.3) is 5.56 Å². The standard InChI is InChI=1S/C15H20N4O2/c1-9(14-10(2)18-11(3)19-15(14)20)17-8-12-5-6-16-13(7-12)21-4/h5-7,9,17H,8H2,1-4H3,(H,18,19,20). The average Bonchev–Trinajstić information content (AvgIpc) is 2.44. The summed E-state index contributed by atoms with van der Waals surface area (Å²) in [6.07, 6.45) is 1.70. The first-order valence-corrected chi connectivity index (χ1v) is 6.81. The van der Waals surface area contributed by atoms with Gasteiger partial charge in [0.1, 0.15) is 5.82 Å². The molecule has 2 N–H and O–H groups in total. The van der Waals surface area contributed by atoms with Crippen molar-refractivity contribution < 1.29 is 4.74 Å². The molecule has 0 bridgehead atoms. The van der Waals surface area contributed by atoms with Crippen LogP contribution in [-0.4, -0.2) is 22.1 Å². The summed E-state index contributed by atoms with van der Waals surface area (Å²) in [5.41, 5.74) is 2.38. The number of H-pyrrole nitrogens is 1. The molecular formula is C15H20N4O2. The highest BCUT2D eigenvalue weighted by Crippen LogP contribution is 2.13. The molecule has 6 heteroatoms. The van der Waals surface area contributed by atoms with Gasteiger partial charge in [-0.25, -0.2) is 9.97 Å². The molecule has 6 nitrogen and oxygen atoms in total. The largest absolute Gasteiger partial charge is 0.481 e. The number of pyridine rings is 1. The molecule has 112 valence electrons. The molecular weight excluding hydrogens is 268 g/mol. The number of hydrogen-bond acceptors (Lipinski definition) is 5. The number of hydrogen-bond donors (Lipinski definition) is 2. The molecule has 21 heavy (non-hydrogen) atoms. The van der Waals surface area contributed by atoms with Gasteiger partial charge in [-0.15, -0.1) is 0 Å². The Morgan fingerprint density at radius 3 is 2.86 bits per heavy atom. The fourth-order valence-electron chi connectivity index (χ4n) is 2.29. The summed E-state index contributed by atoms with van der Waals surface area (Å²) in [4.78, 5) is 23.2. The fraction of sp³-hybridized carbons (Fsp3) is 0.400. The molecule has 0 radical (unpaired) electrons. The summed E-state index contributed by atoms with van der Waals surface area (Å²) < 4.78 is 5.09. The molecule has 0 aliphatic rings. The molecule has 2 aromatic heterocycles. The number of nitrogens with one attached hydrogen (secondary N) is 2. The molecule has 2 heterocycles. The maximum absolute atomic E-state index is 12.0. The summed E-state index contributed by atoms with van der Waals surface area (Å²) in [5.74, 6) is 1.21. The lowest BCUT2D eigenvalue weighted by Gasteiger charge is -2.15. The highest BCUT2D eigenvalue weighted by atomic mass is 16.5. The van der Waals surface area contributed by atoms with Crippen LogP contribution in [0.15, 0.2) is 23.1 Å². The smallest absolute Gasteiger partial charge is 0.255 e. The zero-order valence-corrected chi connectivity index (χ0v) is 12.7. The van der Waals surface area contributed by atoms with Crippen LogP contribution in [0.5, 0.6) is 5.88 Å². The third-order valence-corrected chi connectivity index (χ3v) is 3.32. The zero-order valence-electron chi connectivity index (χ0n) is 12.7. The van der Waals surface area contributed by atoms with Crippen molar-refractivity contribution in [3.05, 3.63) is 51.3 Å². The zero-order chi connectivity index (χ0) is 15.4. The van der Waals surface area contributed by atoms with Crippen LogP contribution in [0, 0.1) is 13.8 Å². The Hall–Kier alpha value is -2.21. The van der Waals surface area contributed by atoms with Crippen LogP contribution in [0.1, 0.15) is 35.6 Å². The number of nitrogens with zero attached hydrogens (tertiary/aromatic N) is 2. The van der Waals surface area contributed by atoms with Crippen molar-refractivity contribution in [2.45, 2.75) is 33.4 Å². The molecule has 0 aliphatic heterocycles. The normalized spacial score (nSPS) is 12.2. The van der Waals surface area contributed by atoms with Gasteiger partial charge >= 0.3 is 0 Å². The number of aromatic amines is 1. The van der Waals surface area contributed by atoms with Gasteiger partial charge in [0.2, 0.25) is 5.88 Å². The summed E-state index contributed by atoms with van der Waals surface area (Å²) in [5, 5.41) is 3.32. The Kier molecular flexibility index (Phi) is 4.70. The number of aryl methyl sites for hydroxylation is 2. The first-order valence-electron chi connectivity index (χ1n) is 6.81. The van der Waals surface area contributed by atoms with Crippen LogP contribution < -0.4 is 15.6 Å². The van der Waals surface area contributed by atoms with E-state index in [-0.39, 0.29) is 11.6 Å². The summed E-state index contributed by atoms with van der Waals surface area (Å²) in [7, 11) is 1.59. The van der Waals surface area contributed by atoms with E-state index in [1.165, 1.54) is 0 Å². The monoisotopic (exact) mass is 288 g/mol. The van der Waals surface area contributed by atoms with Gasteiger partial charge in [-0.2, -0.15) is 0 Å². The highest BCUT2D eigenvalue weighted by molar-refractivity contribution is 5.22. The third-order valence-electron chi connectivity index (χ3n) is 3.32. The third kappa shape index (κ3) is 3.66. The van der Waals surface area contributed by atoms with Crippen molar-refractivity contribution >= 4 is 0 Å². The lowest BCUT2D eigenvalue weighted by Crippen LogP contribution is -2.27. The quantitative estimate of drug-likeness (QED) is 0.874. The van der Waals surface area contributed by atoms with Crippen LogP contribution in [0.25, 0.3) is 0 Å². The number of ether oxygens (including phenoxy) is 1. The van der Waals surface area contributed by atoms with Crippen molar-refractivity contribution in [2.24, 2.45) is 0 Å². The number of aromatic nitrogens is 3. The molecule has 0 aliphatic carbocycles. The first kappa shape index (κ1) is 15.2. The van der Waals surface area contributed by atoms with Crippen molar-refractivity contribution in [1.29, 1.82) is 0 Å². The highest BCUT2D eigenvalue weighted by Gasteiger charge is 2.14. The van der Waals surface area contributed by atoms with Crippen LogP contribution in [0.3, 0.4) is 0 Å². The van der Waals surface area contributed by atoms with Gasteiger partial charge in [0.05, 0.1) is 12.7 Å². The number of methoxy groups -OCH3 is 1. The lowest BCUT2D eigenvalue weighted by atomic mass is 10.1. The molecule has 1 atom stereocenters. The molecule has 2 aromatic rings. The maximum atomic E-state index is 12.0. The lowest BCUT2D eigenvalue weighted by molar-refractivity contribution is 0.397. The number of rotatable bonds is 5. The van der Waals surface area contributed by atoms with Gasteiger partial charge in [0, 0.05) is 30.5 Å². The maximum Gasteiger partial charge on any atom is 0.255 e.